The fraction of sp³-hybridized carbons (Fsp3) is 0.471. The molecular formula is C17H22N2O3S. The predicted octanol–water partition coefficient (Wildman–Crippen LogP) is 3.41. The highest BCUT2D eigenvalue weighted by Crippen LogP contribution is 2.21. The summed E-state index contributed by atoms with van der Waals surface area (Å²) >= 11 is 1.51. The molecule has 2 rings (SSSR count). The van der Waals surface area contributed by atoms with Gasteiger partial charge in [-0.15, -0.1) is 0 Å². The monoisotopic (exact) mass is 334 g/mol. The van der Waals surface area contributed by atoms with Gasteiger partial charge < -0.3 is 4.74 Å². The van der Waals surface area contributed by atoms with E-state index in [0.29, 0.717) is 35.5 Å². The molecule has 5 nitrogen and oxygen atoms in total. The second kappa shape index (κ2) is 8.15. The highest BCUT2D eigenvalue weighted by molar-refractivity contribution is 7.99. The summed E-state index contributed by atoms with van der Waals surface area (Å²) in [6, 6.07) is 7.42. The number of aromatic nitrogens is 2. The van der Waals surface area contributed by atoms with Crippen LogP contribution in [0.15, 0.2) is 34.2 Å². The number of para-hydroxylation sites is 1. The van der Waals surface area contributed by atoms with E-state index in [1.54, 1.807) is 17.6 Å². The van der Waals surface area contributed by atoms with E-state index in [-0.39, 0.29) is 17.6 Å². The van der Waals surface area contributed by atoms with E-state index in [2.05, 4.69) is 4.98 Å². The van der Waals surface area contributed by atoms with Crippen LogP contribution in [0.2, 0.25) is 0 Å². The maximum absolute atomic E-state index is 12.7. The number of benzene rings is 1. The lowest BCUT2D eigenvalue weighted by atomic mass is 10.2. The van der Waals surface area contributed by atoms with Crippen LogP contribution in [0.4, 0.5) is 0 Å². The molecular weight excluding hydrogens is 312 g/mol. The van der Waals surface area contributed by atoms with Crippen LogP contribution in [-0.2, 0) is 9.53 Å². The number of esters is 1. The molecule has 0 aliphatic carbocycles. The molecule has 0 saturated carbocycles. The quantitative estimate of drug-likeness (QED) is 0.336. The van der Waals surface area contributed by atoms with Crippen LogP contribution in [0.5, 0.6) is 0 Å². The van der Waals surface area contributed by atoms with Crippen LogP contribution in [0.3, 0.4) is 0 Å². The molecule has 0 bridgehead atoms. The van der Waals surface area contributed by atoms with Gasteiger partial charge in [-0.05, 0) is 39.3 Å². The Morgan fingerprint density at radius 3 is 2.78 bits per heavy atom. The van der Waals surface area contributed by atoms with E-state index in [4.69, 9.17) is 4.74 Å². The van der Waals surface area contributed by atoms with Crippen molar-refractivity contribution in [3.8, 4) is 0 Å². The molecule has 0 spiro atoms. The molecule has 0 amide bonds. The van der Waals surface area contributed by atoms with E-state index in [1.165, 1.54) is 11.8 Å². The van der Waals surface area contributed by atoms with E-state index in [1.807, 2.05) is 32.0 Å². The molecule has 23 heavy (non-hydrogen) atoms. The number of hydrogen-bond donors (Lipinski definition) is 0. The highest BCUT2D eigenvalue weighted by atomic mass is 32.2. The van der Waals surface area contributed by atoms with E-state index < -0.39 is 0 Å². The Balaban J connectivity index is 2.17. The molecule has 1 aromatic heterocycles. The lowest BCUT2D eigenvalue weighted by Crippen LogP contribution is -2.25. The second-order valence-corrected chi connectivity index (χ2v) is 6.50. The molecule has 1 heterocycles. The van der Waals surface area contributed by atoms with Crippen molar-refractivity contribution in [2.45, 2.75) is 44.8 Å². The van der Waals surface area contributed by atoms with Crippen molar-refractivity contribution in [2.24, 2.45) is 0 Å². The van der Waals surface area contributed by atoms with Crippen LogP contribution in [0.25, 0.3) is 10.9 Å². The fourth-order valence-corrected chi connectivity index (χ4v) is 3.36. The van der Waals surface area contributed by atoms with E-state index in [0.717, 1.165) is 5.75 Å². The average Bonchev–Trinajstić information content (AvgIpc) is 2.51. The number of ether oxygens (including phenoxy) is 1. The third-order valence-corrected chi connectivity index (χ3v) is 4.39. The van der Waals surface area contributed by atoms with Gasteiger partial charge in [-0.1, -0.05) is 23.9 Å². The van der Waals surface area contributed by atoms with Crippen molar-refractivity contribution < 1.29 is 9.53 Å². The van der Waals surface area contributed by atoms with Gasteiger partial charge in [0.15, 0.2) is 5.16 Å². The first-order chi connectivity index (χ1) is 11.0. The number of carbonyl (C=O) groups is 1. The zero-order valence-corrected chi connectivity index (χ0v) is 14.6. The number of rotatable bonds is 7. The number of fused-ring (bicyclic) bond motifs is 1. The predicted molar refractivity (Wildman–Crippen MR) is 93.0 cm³/mol. The van der Waals surface area contributed by atoms with Crippen molar-refractivity contribution in [1.82, 2.24) is 9.55 Å². The minimum atomic E-state index is -0.180. The van der Waals surface area contributed by atoms with Crippen LogP contribution in [0.1, 0.15) is 39.7 Å². The first-order valence-electron chi connectivity index (χ1n) is 7.84. The minimum absolute atomic E-state index is 0.0153. The zero-order chi connectivity index (χ0) is 16.8. The summed E-state index contributed by atoms with van der Waals surface area (Å²) in [5.74, 6) is 0.539. The molecule has 0 aliphatic heterocycles. The normalized spacial score (nSPS) is 11.1. The van der Waals surface area contributed by atoms with Crippen molar-refractivity contribution >= 4 is 28.6 Å². The molecule has 0 saturated heterocycles. The Bertz CT molecular complexity index is 740. The molecule has 0 aliphatic rings. The maximum Gasteiger partial charge on any atom is 0.305 e. The van der Waals surface area contributed by atoms with Gasteiger partial charge in [0.25, 0.3) is 5.56 Å². The van der Waals surface area contributed by atoms with Gasteiger partial charge in [0.2, 0.25) is 0 Å². The van der Waals surface area contributed by atoms with Crippen LogP contribution >= 0.6 is 11.8 Å². The maximum atomic E-state index is 12.7. The molecule has 0 unspecified atom stereocenters. The summed E-state index contributed by atoms with van der Waals surface area (Å²) in [5.41, 5.74) is 0.695. The van der Waals surface area contributed by atoms with Crippen molar-refractivity contribution in [1.29, 1.82) is 0 Å². The molecule has 0 N–H and O–H groups in total. The second-order valence-electron chi connectivity index (χ2n) is 5.44. The van der Waals surface area contributed by atoms with Gasteiger partial charge in [-0.25, -0.2) is 4.98 Å². The largest absolute Gasteiger partial charge is 0.466 e. The molecule has 0 fully saturated rings. The van der Waals surface area contributed by atoms with Gasteiger partial charge in [0.05, 0.1) is 17.5 Å². The lowest BCUT2D eigenvalue weighted by Gasteiger charge is -2.16. The Kier molecular flexibility index (Phi) is 6.21. The lowest BCUT2D eigenvalue weighted by molar-refractivity contribution is -0.143. The topological polar surface area (TPSA) is 61.2 Å². The smallest absolute Gasteiger partial charge is 0.305 e. The Morgan fingerprint density at radius 1 is 1.35 bits per heavy atom. The van der Waals surface area contributed by atoms with Crippen molar-refractivity contribution in [3.05, 3.63) is 34.6 Å². The van der Waals surface area contributed by atoms with Gasteiger partial charge >= 0.3 is 5.97 Å². The van der Waals surface area contributed by atoms with Gasteiger partial charge in [0, 0.05) is 18.2 Å². The third-order valence-electron chi connectivity index (χ3n) is 3.35. The molecule has 0 atom stereocenters. The Hall–Kier alpha value is -1.82. The first-order valence-corrected chi connectivity index (χ1v) is 8.82. The number of hydrogen-bond acceptors (Lipinski definition) is 5. The summed E-state index contributed by atoms with van der Waals surface area (Å²) < 4.78 is 6.63. The summed E-state index contributed by atoms with van der Waals surface area (Å²) in [5, 5.41) is 1.34. The number of nitrogens with zero attached hydrogens (tertiary/aromatic N) is 2. The van der Waals surface area contributed by atoms with Gasteiger partial charge in [0.1, 0.15) is 0 Å². The zero-order valence-electron chi connectivity index (χ0n) is 13.7. The Morgan fingerprint density at radius 2 is 2.09 bits per heavy atom. The third kappa shape index (κ3) is 4.34. The average molecular weight is 334 g/mol. The minimum Gasteiger partial charge on any atom is -0.466 e. The molecule has 6 heteroatoms. The summed E-state index contributed by atoms with van der Waals surface area (Å²) in [7, 11) is 0. The number of thioether (sulfide) groups is 1. The summed E-state index contributed by atoms with van der Waals surface area (Å²) in [6.07, 6.45) is 1.09. The summed E-state index contributed by atoms with van der Waals surface area (Å²) in [6.45, 7) is 6.15. The molecule has 2 aromatic rings. The SMILES string of the molecule is CCOC(=O)CCCSc1nc2ccccc2c(=O)n1C(C)C. The molecule has 0 radical (unpaired) electrons. The Labute approximate surface area is 140 Å². The van der Waals surface area contributed by atoms with Gasteiger partial charge in [-0.3, -0.25) is 14.2 Å². The van der Waals surface area contributed by atoms with Crippen LogP contribution in [0, 0.1) is 0 Å². The summed E-state index contributed by atoms with van der Waals surface area (Å²) in [4.78, 5) is 28.6. The fourth-order valence-electron chi connectivity index (χ4n) is 2.30. The first kappa shape index (κ1) is 17.5. The van der Waals surface area contributed by atoms with E-state index >= 15 is 0 Å². The molecule has 124 valence electrons. The van der Waals surface area contributed by atoms with Crippen LogP contribution in [-0.4, -0.2) is 27.9 Å². The number of carbonyl (C=O) groups excluding carboxylic acids is 1. The highest BCUT2D eigenvalue weighted by Gasteiger charge is 2.13. The van der Waals surface area contributed by atoms with Crippen LogP contribution < -0.4 is 5.56 Å². The van der Waals surface area contributed by atoms with Crippen molar-refractivity contribution in [3.63, 3.8) is 0 Å². The van der Waals surface area contributed by atoms with Gasteiger partial charge in [-0.2, -0.15) is 0 Å². The van der Waals surface area contributed by atoms with Crippen molar-refractivity contribution in [2.75, 3.05) is 12.4 Å². The van der Waals surface area contributed by atoms with E-state index in [9.17, 15) is 9.59 Å². The standard InChI is InChI=1S/C17H22N2O3S/c1-4-22-15(20)10-7-11-23-17-18-14-9-6-5-8-13(14)16(21)19(17)12(2)3/h5-6,8-9,12H,4,7,10-11H2,1-3H3. The molecule has 1 aromatic carbocycles.